The van der Waals surface area contributed by atoms with E-state index in [9.17, 15) is 4.79 Å². The maximum Gasteiger partial charge on any atom is 0.242 e. The second kappa shape index (κ2) is 4.66. The SMILES string of the molecule is Cc1cccc(C(C)(NC(C)C)C(N)=O)c1. The van der Waals surface area contributed by atoms with Crippen LogP contribution in [-0.4, -0.2) is 11.9 Å². The van der Waals surface area contributed by atoms with Crippen LogP contribution in [0.1, 0.15) is 31.9 Å². The van der Waals surface area contributed by atoms with Gasteiger partial charge in [-0.3, -0.25) is 10.1 Å². The molecule has 0 saturated carbocycles. The van der Waals surface area contributed by atoms with Crippen molar-refractivity contribution in [1.82, 2.24) is 5.32 Å². The van der Waals surface area contributed by atoms with Crippen molar-refractivity contribution in [2.24, 2.45) is 5.73 Å². The Labute approximate surface area is 97.0 Å². The van der Waals surface area contributed by atoms with Crippen LogP contribution in [0.5, 0.6) is 0 Å². The van der Waals surface area contributed by atoms with E-state index in [0.717, 1.165) is 11.1 Å². The van der Waals surface area contributed by atoms with E-state index in [1.54, 1.807) is 0 Å². The van der Waals surface area contributed by atoms with Crippen LogP contribution in [0.25, 0.3) is 0 Å². The molecule has 0 saturated heterocycles. The molecule has 1 amide bonds. The van der Waals surface area contributed by atoms with E-state index in [1.807, 2.05) is 52.0 Å². The third-order valence-electron chi connectivity index (χ3n) is 2.67. The van der Waals surface area contributed by atoms with E-state index >= 15 is 0 Å². The summed E-state index contributed by atoms with van der Waals surface area (Å²) in [6, 6.07) is 8.04. The topological polar surface area (TPSA) is 55.1 Å². The van der Waals surface area contributed by atoms with E-state index in [0.29, 0.717) is 0 Å². The summed E-state index contributed by atoms with van der Waals surface area (Å²) in [6.45, 7) is 7.82. The Morgan fingerprint density at radius 2 is 2.06 bits per heavy atom. The highest BCUT2D eigenvalue weighted by molar-refractivity contribution is 5.85. The average Bonchev–Trinajstić information content (AvgIpc) is 2.16. The van der Waals surface area contributed by atoms with Crippen LogP contribution in [0.15, 0.2) is 24.3 Å². The fraction of sp³-hybridized carbons (Fsp3) is 0.462. The van der Waals surface area contributed by atoms with Crippen molar-refractivity contribution in [3.8, 4) is 0 Å². The Morgan fingerprint density at radius 3 is 2.50 bits per heavy atom. The molecular formula is C13H20N2O. The molecule has 0 heterocycles. The zero-order chi connectivity index (χ0) is 12.3. The van der Waals surface area contributed by atoms with Gasteiger partial charge in [0.2, 0.25) is 5.91 Å². The van der Waals surface area contributed by atoms with Gasteiger partial charge in [-0.25, -0.2) is 0 Å². The highest BCUT2D eigenvalue weighted by Crippen LogP contribution is 2.22. The average molecular weight is 220 g/mol. The Balaban J connectivity index is 3.16. The Hall–Kier alpha value is -1.35. The molecule has 0 aliphatic rings. The van der Waals surface area contributed by atoms with Gasteiger partial charge in [-0.15, -0.1) is 0 Å². The van der Waals surface area contributed by atoms with Crippen molar-refractivity contribution in [2.75, 3.05) is 0 Å². The zero-order valence-corrected chi connectivity index (χ0v) is 10.4. The van der Waals surface area contributed by atoms with Gasteiger partial charge < -0.3 is 5.73 Å². The highest BCUT2D eigenvalue weighted by atomic mass is 16.1. The Bertz CT molecular complexity index is 387. The van der Waals surface area contributed by atoms with Crippen LogP contribution < -0.4 is 11.1 Å². The fourth-order valence-corrected chi connectivity index (χ4v) is 1.83. The van der Waals surface area contributed by atoms with Crippen LogP contribution in [0.2, 0.25) is 0 Å². The largest absolute Gasteiger partial charge is 0.368 e. The monoisotopic (exact) mass is 220 g/mol. The maximum absolute atomic E-state index is 11.6. The summed E-state index contributed by atoms with van der Waals surface area (Å²) in [6.07, 6.45) is 0. The molecule has 88 valence electrons. The number of nitrogens with two attached hydrogens (primary N) is 1. The molecule has 3 nitrogen and oxygen atoms in total. The Morgan fingerprint density at radius 1 is 1.44 bits per heavy atom. The molecule has 16 heavy (non-hydrogen) atoms. The summed E-state index contributed by atoms with van der Waals surface area (Å²) < 4.78 is 0. The van der Waals surface area contributed by atoms with Gasteiger partial charge in [0.25, 0.3) is 0 Å². The van der Waals surface area contributed by atoms with E-state index in [2.05, 4.69) is 5.32 Å². The molecule has 0 bridgehead atoms. The minimum atomic E-state index is -0.805. The zero-order valence-electron chi connectivity index (χ0n) is 10.4. The van der Waals surface area contributed by atoms with Gasteiger partial charge in [0.05, 0.1) is 0 Å². The maximum atomic E-state index is 11.6. The predicted molar refractivity (Wildman–Crippen MR) is 66.0 cm³/mol. The van der Waals surface area contributed by atoms with Crippen LogP contribution in [-0.2, 0) is 10.3 Å². The minimum Gasteiger partial charge on any atom is -0.368 e. The lowest BCUT2D eigenvalue weighted by Crippen LogP contribution is -2.52. The Kier molecular flexibility index (Phi) is 3.70. The van der Waals surface area contributed by atoms with Crippen LogP contribution >= 0.6 is 0 Å². The smallest absolute Gasteiger partial charge is 0.242 e. The number of aryl methyl sites for hydroxylation is 1. The molecule has 0 aliphatic carbocycles. The molecule has 3 heteroatoms. The summed E-state index contributed by atoms with van der Waals surface area (Å²) in [5, 5.41) is 3.22. The lowest BCUT2D eigenvalue weighted by Gasteiger charge is -2.30. The third-order valence-corrected chi connectivity index (χ3v) is 2.67. The molecule has 1 unspecified atom stereocenters. The van der Waals surface area contributed by atoms with Crippen molar-refractivity contribution >= 4 is 5.91 Å². The highest BCUT2D eigenvalue weighted by Gasteiger charge is 2.33. The first kappa shape index (κ1) is 12.7. The van der Waals surface area contributed by atoms with Gasteiger partial charge in [-0.05, 0) is 33.3 Å². The number of carbonyl (C=O) groups excluding carboxylic acids is 1. The van der Waals surface area contributed by atoms with Gasteiger partial charge in [0, 0.05) is 6.04 Å². The van der Waals surface area contributed by atoms with E-state index in [-0.39, 0.29) is 11.9 Å². The third kappa shape index (κ3) is 2.61. The van der Waals surface area contributed by atoms with Gasteiger partial charge in [0.15, 0.2) is 0 Å². The molecule has 0 spiro atoms. The molecule has 1 aromatic rings. The molecule has 0 fully saturated rings. The molecule has 0 radical (unpaired) electrons. The number of benzene rings is 1. The molecule has 3 N–H and O–H groups in total. The van der Waals surface area contributed by atoms with Crippen LogP contribution in [0.3, 0.4) is 0 Å². The molecule has 0 aromatic heterocycles. The number of carbonyl (C=O) groups is 1. The van der Waals surface area contributed by atoms with Gasteiger partial charge in [0.1, 0.15) is 5.54 Å². The van der Waals surface area contributed by atoms with E-state index < -0.39 is 5.54 Å². The number of nitrogens with one attached hydrogen (secondary N) is 1. The summed E-state index contributed by atoms with van der Waals surface area (Å²) in [4.78, 5) is 11.6. The number of hydrogen-bond donors (Lipinski definition) is 2. The summed E-state index contributed by atoms with van der Waals surface area (Å²) in [5.41, 5.74) is 6.73. The first-order chi connectivity index (χ1) is 7.36. The second-order valence-electron chi connectivity index (χ2n) is 4.66. The quantitative estimate of drug-likeness (QED) is 0.811. The van der Waals surface area contributed by atoms with Crippen molar-refractivity contribution in [2.45, 2.75) is 39.3 Å². The van der Waals surface area contributed by atoms with Crippen molar-refractivity contribution < 1.29 is 4.79 Å². The van der Waals surface area contributed by atoms with Crippen LogP contribution in [0.4, 0.5) is 0 Å². The molecule has 1 atom stereocenters. The molecule has 0 aliphatic heterocycles. The lowest BCUT2D eigenvalue weighted by molar-refractivity contribution is -0.124. The second-order valence-corrected chi connectivity index (χ2v) is 4.66. The molecule has 1 rings (SSSR count). The van der Waals surface area contributed by atoms with E-state index in [1.165, 1.54) is 0 Å². The standard InChI is InChI=1S/C13H20N2O/c1-9(2)15-13(4,12(14)16)11-7-5-6-10(3)8-11/h5-9,15H,1-4H3,(H2,14,16). The van der Waals surface area contributed by atoms with Crippen molar-refractivity contribution in [1.29, 1.82) is 0 Å². The fourth-order valence-electron chi connectivity index (χ4n) is 1.83. The van der Waals surface area contributed by atoms with Crippen molar-refractivity contribution in [3.63, 3.8) is 0 Å². The first-order valence-electron chi connectivity index (χ1n) is 5.51. The predicted octanol–water partition coefficient (Wildman–Crippen LogP) is 1.69. The minimum absolute atomic E-state index is 0.193. The number of hydrogen-bond acceptors (Lipinski definition) is 2. The first-order valence-corrected chi connectivity index (χ1v) is 5.51. The normalized spacial score (nSPS) is 14.8. The number of rotatable bonds is 4. The molecule has 1 aromatic carbocycles. The number of primary amides is 1. The van der Waals surface area contributed by atoms with Crippen molar-refractivity contribution in [3.05, 3.63) is 35.4 Å². The van der Waals surface area contributed by atoms with Gasteiger partial charge in [-0.2, -0.15) is 0 Å². The van der Waals surface area contributed by atoms with Gasteiger partial charge >= 0.3 is 0 Å². The summed E-state index contributed by atoms with van der Waals surface area (Å²) in [7, 11) is 0. The van der Waals surface area contributed by atoms with E-state index in [4.69, 9.17) is 5.73 Å². The summed E-state index contributed by atoms with van der Waals surface area (Å²) >= 11 is 0. The molecular weight excluding hydrogens is 200 g/mol. The number of amides is 1. The van der Waals surface area contributed by atoms with Gasteiger partial charge in [-0.1, -0.05) is 29.8 Å². The van der Waals surface area contributed by atoms with Crippen LogP contribution in [0, 0.1) is 6.92 Å². The summed E-state index contributed by atoms with van der Waals surface area (Å²) in [5.74, 6) is -0.355. The lowest BCUT2D eigenvalue weighted by atomic mass is 9.89.